The van der Waals surface area contributed by atoms with Crippen LogP contribution >= 0.6 is 0 Å². The highest BCUT2D eigenvalue weighted by molar-refractivity contribution is 5.89. The molecule has 3 aromatic rings. The minimum absolute atomic E-state index is 0.0766. The SMILES string of the molecule is CC(C)C(NC(=O)C(Cc1ccccc1)n1c(=O)[nH]c2ccccc2c1=O)C(=O)NCC1CCC(C(=O)O)CC1. The van der Waals surface area contributed by atoms with Crippen molar-refractivity contribution < 1.29 is 19.5 Å². The fraction of sp³-hybridized carbons (Fsp3) is 0.433. The Balaban J connectivity index is 1.55. The van der Waals surface area contributed by atoms with Crippen LogP contribution in [0.15, 0.2) is 64.2 Å². The maximum Gasteiger partial charge on any atom is 0.329 e. The molecule has 4 rings (SSSR count). The first-order valence-electron chi connectivity index (χ1n) is 13.7. The Labute approximate surface area is 231 Å². The van der Waals surface area contributed by atoms with Gasteiger partial charge < -0.3 is 20.7 Å². The Morgan fingerprint density at radius 1 is 0.950 bits per heavy atom. The molecule has 1 saturated carbocycles. The van der Waals surface area contributed by atoms with Crippen molar-refractivity contribution in [3.05, 3.63) is 81.0 Å². The summed E-state index contributed by atoms with van der Waals surface area (Å²) in [6.45, 7) is 4.01. The van der Waals surface area contributed by atoms with E-state index in [4.69, 9.17) is 0 Å². The summed E-state index contributed by atoms with van der Waals surface area (Å²) in [6, 6.07) is 13.6. The van der Waals surface area contributed by atoms with E-state index in [0.29, 0.717) is 37.7 Å². The van der Waals surface area contributed by atoms with Gasteiger partial charge in [0.2, 0.25) is 11.8 Å². The molecule has 1 aliphatic carbocycles. The number of aliphatic carboxylic acids is 1. The number of rotatable bonds is 10. The highest BCUT2D eigenvalue weighted by Crippen LogP contribution is 2.28. The largest absolute Gasteiger partial charge is 0.481 e. The minimum Gasteiger partial charge on any atom is -0.481 e. The number of carboxylic acid groups (broad SMARTS) is 1. The lowest BCUT2D eigenvalue weighted by molar-refractivity contribution is -0.143. The molecule has 1 fully saturated rings. The molecule has 2 unspecified atom stereocenters. The molecule has 0 radical (unpaired) electrons. The number of hydrogen-bond donors (Lipinski definition) is 4. The van der Waals surface area contributed by atoms with Gasteiger partial charge in [0.15, 0.2) is 0 Å². The van der Waals surface area contributed by atoms with Gasteiger partial charge in [-0.05, 0) is 55.2 Å². The number of hydrogen-bond acceptors (Lipinski definition) is 5. The van der Waals surface area contributed by atoms with Crippen LogP contribution in [-0.4, -0.2) is 45.0 Å². The Morgan fingerprint density at radius 2 is 1.60 bits per heavy atom. The van der Waals surface area contributed by atoms with Crippen LogP contribution in [0.2, 0.25) is 0 Å². The number of carbonyl (C=O) groups excluding carboxylic acids is 2. The van der Waals surface area contributed by atoms with Crippen LogP contribution in [0.25, 0.3) is 10.9 Å². The zero-order chi connectivity index (χ0) is 28.8. The molecule has 1 aromatic heterocycles. The van der Waals surface area contributed by atoms with Gasteiger partial charge in [-0.25, -0.2) is 9.36 Å². The lowest BCUT2D eigenvalue weighted by Crippen LogP contribution is -2.54. The molecule has 0 spiro atoms. The van der Waals surface area contributed by atoms with Crippen molar-refractivity contribution in [1.29, 1.82) is 0 Å². The second kappa shape index (κ2) is 12.8. The molecule has 212 valence electrons. The van der Waals surface area contributed by atoms with E-state index in [9.17, 15) is 29.1 Å². The number of aromatic nitrogens is 2. The highest BCUT2D eigenvalue weighted by Gasteiger charge is 2.32. The van der Waals surface area contributed by atoms with E-state index in [1.54, 1.807) is 24.3 Å². The molecule has 10 heteroatoms. The molecular formula is C30H36N4O6. The van der Waals surface area contributed by atoms with Crippen molar-refractivity contribution in [2.24, 2.45) is 17.8 Å². The van der Waals surface area contributed by atoms with E-state index < -0.39 is 35.2 Å². The van der Waals surface area contributed by atoms with E-state index >= 15 is 0 Å². The van der Waals surface area contributed by atoms with Crippen molar-refractivity contribution in [2.75, 3.05) is 6.54 Å². The van der Waals surface area contributed by atoms with Crippen molar-refractivity contribution in [3.63, 3.8) is 0 Å². The van der Waals surface area contributed by atoms with Crippen molar-refractivity contribution in [1.82, 2.24) is 20.2 Å². The van der Waals surface area contributed by atoms with E-state index in [1.165, 1.54) is 0 Å². The third kappa shape index (κ3) is 6.67. The van der Waals surface area contributed by atoms with Crippen molar-refractivity contribution >= 4 is 28.7 Å². The van der Waals surface area contributed by atoms with Gasteiger partial charge in [-0.2, -0.15) is 0 Å². The summed E-state index contributed by atoms with van der Waals surface area (Å²) in [5.74, 6) is -2.18. The number of nitrogens with zero attached hydrogens (tertiary/aromatic N) is 1. The first kappa shape index (κ1) is 28.8. The Hall–Kier alpha value is -4.21. The number of aromatic amines is 1. The maximum absolute atomic E-state index is 13.8. The van der Waals surface area contributed by atoms with Crippen LogP contribution in [0.1, 0.15) is 51.1 Å². The number of amides is 2. The molecule has 0 aliphatic heterocycles. The zero-order valence-corrected chi connectivity index (χ0v) is 22.8. The maximum atomic E-state index is 13.8. The normalized spacial score (nSPS) is 18.7. The summed E-state index contributed by atoms with van der Waals surface area (Å²) in [4.78, 5) is 67.4. The molecule has 40 heavy (non-hydrogen) atoms. The number of nitrogens with one attached hydrogen (secondary N) is 3. The van der Waals surface area contributed by atoms with Gasteiger partial charge in [0.25, 0.3) is 5.56 Å². The molecule has 2 aromatic carbocycles. The van der Waals surface area contributed by atoms with Gasteiger partial charge in [0.05, 0.1) is 16.8 Å². The Kier molecular flexibility index (Phi) is 9.19. The van der Waals surface area contributed by atoms with E-state index in [-0.39, 0.29) is 35.5 Å². The van der Waals surface area contributed by atoms with Gasteiger partial charge in [0, 0.05) is 13.0 Å². The average Bonchev–Trinajstić information content (AvgIpc) is 2.94. The van der Waals surface area contributed by atoms with Crippen LogP contribution < -0.4 is 21.9 Å². The van der Waals surface area contributed by atoms with Gasteiger partial charge in [-0.15, -0.1) is 0 Å². The van der Waals surface area contributed by atoms with Crippen LogP contribution in [-0.2, 0) is 20.8 Å². The molecule has 4 N–H and O–H groups in total. The monoisotopic (exact) mass is 548 g/mol. The molecule has 10 nitrogen and oxygen atoms in total. The molecule has 2 atom stereocenters. The van der Waals surface area contributed by atoms with E-state index in [0.717, 1.165) is 10.1 Å². The summed E-state index contributed by atoms with van der Waals surface area (Å²) >= 11 is 0. The lowest BCUT2D eigenvalue weighted by atomic mass is 9.82. The fourth-order valence-corrected chi connectivity index (χ4v) is 5.35. The number of carboxylic acids is 1. The molecule has 1 aliphatic rings. The third-order valence-electron chi connectivity index (χ3n) is 7.73. The van der Waals surface area contributed by atoms with Crippen LogP contribution in [0, 0.1) is 17.8 Å². The molecular weight excluding hydrogens is 512 g/mol. The molecule has 0 saturated heterocycles. The van der Waals surface area contributed by atoms with Crippen LogP contribution in [0.4, 0.5) is 0 Å². The number of para-hydroxylation sites is 1. The highest BCUT2D eigenvalue weighted by atomic mass is 16.4. The van der Waals surface area contributed by atoms with Gasteiger partial charge in [0.1, 0.15) is 12.1 Å². The first-order chi connectivity index (χ1) is 19.2. The molecule has 2 amide bonds. The van der Waals surface area contributed by atoms with Crippen molar-refractivity contribution in [3.8, 4) is 0 Å². The summed E-state index contributed by atoms with van der Waals surface area (Å²) in [7, 11) is 0. The van der Waals surface area contributed by atoms with Gasteiger partial charge in [-0.3, -0.25) is 19.2 Å². The summed E-state index contributed by atoms with van der Waals surface area (Å²) in [5.41, 5.74) is -0.158. The number of benzene rings is 2. The van der Waals surface area contributed by atoms with Crippen LogP contribution in [0.5, 0.6) is 0 Å². The first-order valence-corrected chi connectivity index (χ1v) is 13.7. The predicted octanol–water partition coefficient (Wildman–Crippen LogP) is 2.62. The smallest absolute Gasteiger partial charge is 0.329 e. The average molecular weight is 549 g/mol. The number of fused-ring (bicyclic) bond motifs is 1. The summed E-state index contributed by atoms with van der Waals surface area (Å²) in [6.07, 6.45) is 2.66. The quantitative estimate of drug-likeness (QED) is 0.306. The third-order valence-corrected chi connectivity index (χ3v) is 7.73. The van der Waals surface area contributed by atoms with Crippen LogP contribution in [0.3, 0.4) is 0 Å². The second-order valence-electron chi connectivity index (χ2n) is 10.9. The lowest BCUT2D eigenvalue weighted by Gasteiger charge is -2.28. The predicted molar refractivity (Wildman–Crippen MR) is 151 cm³/mol. The van der Waals surface area contributed by atoms with E-state index in [1.807, 2.05) is 44.2 Å². The number of carbonyl (C=O) groups is 3. The van der Waals surface area contributed by atoms with Gasteiger partial charge >= 0.3 is 11.7 Å². The Morgan fingerprint density at radius 3 is 2.25 bits per heavy atom. The van der Waals surface area contributed by atoms with E-state index in [2.05, 4.69) is 15.6 Å². The number of H-pyrrole nitrogens is 1. The molecule has 0 bridgehead atoms. The molecule has 1 heterocycles. The summed E-state index contributed by atoms with van der Waals surface area (Å²) in [5, 5.41) is 15.2. The minimum atomic E-state index is -1.19. The summed E-state index contributed by atoms with van der Waals surface area (Å²) < 4.78 is 0.931. The van der Waals surface area contributed by atoms with Crippen molar-refractivity contribution in [2.45, 2.75) is 58.0 Å². The second-order valence-corrected chi connectivity index (χ2v) is 10.9. The standard InChI is InChI=1S/C30H36N4O6/c1-18(2)25(27(36)31-17-20-12-14-21(15-13-20)29(38)39)33-26(35)24(16-19-8-4-3-5-9-19)34-28(37)22-10-6-7-11-23(22)32-30(34)40/h3-11,18,20-21,24-25H,12-17H2,1-2H3,(H,31,36)(H,32,40)(H,33,35)(H,38,39). The topological polar surface area (TPSA) is 150 Å². The fourth-order valence-electron chi connectivity index (χ4n) is 5.35. The zero-order valence-electron chi connectivity index (χ0n) is 22.8. The Bertz CT molecular complexity index is 1470. The van der Waals surface area contributed by atoms with Gasteiger partial charge in [-0.1, -0.05) is 56.3 Å².